The molecule has 0 aliphatic rings. The molecule has 0 unspecified atom stereocenters. The zero-order valence-electron chi connectivity index (χ0n) is 17.6. The number of hydrogen-bond acceptors (Lipinski definition) is 0. The highest BCUT2D eigenvalue weighted by Gasteiger charge is 2.27. The maximum absolute atomic E-state index is 14.5. The van der Waals surface area contributed by atoms with Crippen molar-refractivity contribution in [1.82, 2.24) is 9.97 Å². The van der Waals surface area contributed by atoms with Crippen molar-refractivity contribution in [2.75, 3.05) is 0 Å². The van der Waals surface area contributed by atoms with Crippen molar-refractivity contribution in [2.45, 2.75) is 58.8 Å². The second-order valence-corrected chi connectivity index (χ2v) is 9.68. The molecule has 0 atom stereocenters. The number of hydrogen-bond donors (Lipinski definition) is 2. The van der Waals surface area contributed by atoms with Crippen molar-refractivity contribution in [2.24, 2.45) is 0 Å². The summed E-state index contributed by atoms with van der Waals surface area (Å²) in [4.78, 5) is 6.80. The Morgan fingerprint density at radius 2 is 1.71 bits per heavy atom. The van der Waals surface area contributed by atoms with E-state index in [9.17, 15) is 4.39 Å². The van der Waals surface area contributed by atoms with Crippen LogP contribution in [0, 0.1) is 12.7 Å². The molecule has 0 aliphatic heterocycles. The monoisotopic (exact) mass is 376 g/mol. The van der Waals surface area contributed by atoms with Gasteiger partial charge in [0.25, 0.3) is 0 Å². The van der Waals surface area contributed by atoms with Crippen LogP contribution >= 0.6 is 0 Å². The summed E-state index contributed by atoms with van der Waals surface area (Å²) in [5.74, 6) is -0.160. The third-order valence-electron chi connectivity index (χ3n) is 5.83. The Morgan fingerprint density at radius 1 is 0.964 bits per heavy atom. The minimum Gasteiger partial charge on any atom is -0.361 e. The summed E-state index contributed by atoms with van der Waals surface area (Å²) in [5.41, 5.74) is 6.84. The SMILES string of the molecule is Cc1[nH]c2cc(CC(C)(C)c3c[nH]c4cccc(F)c34)ccc2c1C(C)(C)C. The number of halogens is 1. The molecule has 4 rings (SSSR count). The minimum absolute atomic E-state index is 0.102. The van der Waals surface area contributed by atoms with E-state index in [0.717, 1.165) is 17.5 Å². The molecule has 0 saturated heterocycles. The number of fused-ring (bicyclic) bond motifs is 2. The first-order valence-electron chi connectivity index (χ1n) is 9.96. The molecule has 2 aromatic carbocycles. The molecular weight excluding hydrogens is 347 g/mol. The van der Waals surface area contributed by atoms with Crippen LogP contribution in [0.3, 0.4) is 0 Å². The maximum Gasteiger partial charge on any atom is 0.132 e. The zero-order chi connectivity index (χ0) is 20.3. The van der Waals surface area contributed by atoms with Gasteiger partial charge in [0.05, 0.1) is 0 Å². The van der Waals surface area contributed by atoms with E-state index in [0.29, 0.717) is 5.39 Å². The number of H-pyrrole nitrogens is 2. The van der Waals surface area contributed by atoms with E-state index in [1.165, 1.54) is 33.8 Å². The van der Waals surface area contributed by atoms with Crippen LogP contribution < -0.4 is 0 Å². The normalized spacial score (nSPS) is 13.0. The third-order valence-corrected chi connectivity index (χ3v) is 5.83. The van der Waals surface area contributed by atoms with Crippen LogP contribution in [-0.4, -0.2) is 9.97 Å². The maximum atomic E-state index is 14.5. The van der Waals surface area contributed by atoms with Crippen LogP contribution in [0.5, 0.6) is 0 Å². The highest BCUT2D eigenvalue weighted by Crippen LogP contribution is 2.37. The third kappa shape index (κ3) is 3.03. The second kappa shape index (κ2) is 6.23. The van der Waals surface area contributed by atoms with E-state index in [1.54, 1.807) is 6.07 Å². The van der Waals surface area contributed by atoms with E-state index in [1.807, 2.05) is 12.3 Å². The molecule has 0 fully saturated rings. The van der Waals surface area contributed by atoms with E-state index < -0.39 is 0 Å². The summed E-state index contributed by atoms with van der Waals surface area (Å²) >= 11 is 0. The van der Waals surface area contributed by atoms with E-state index in [2.05, 4.69) is 69.7 Å². The van der Waals surface area contributed by atoms with Crippen molar-refractivity contribution in [3.05, 3.63) is 70.8 Å². The topological polar surface area (TPSA) is 31.6 Å². The first-order chi connectivity index (χ1) is 13.1. The van der Waals surface area contributed by atoms with Crippen LogP contribution in [0.15, 0.2) is 42.6 Å². The molecule has 146 valence electrons. The van der Waals surface area contributed by atoms with Gasteiger partial charge in [0, 0.05) is 33.7 Å². The predicted molar refractivity (Wildman–Crippen MR) is 117 cm³/mol. The fourth-order valence-electron chi connectivity index (χ4n) is 4.74. The summed E-state index contributed by atoms with van der Waals surface area (Å²) in [6, 6.07) is 11.9. The van der Waals surface area contributed by atoms with Crippen molar-refractivity contribution in [1.29, 1.82) is 0 Å². The Hall–Kier alpha value is -2.55. The molecule has 3 heteroatoms. The van der Waals surface area contributed by atoms with Crippen LogP contribution in [0.1, 0.15) is 57.0 Å². The Bertz CT molecular complexity index is 1170. The Morgan fingerprint density at radius 3 is 2.43 bits per heavy atom. The lowest BCUT2D eigenvalue weighted by atomic mass is 9.78. The van der Waals surface area contributed by atoms with Crippen LogP contribution in [-0.2, 0) is 17.3 Å². The number of aryl methyl sites for hydroxylation is 1. The van der Waals surface area contributed by atoms with Crippen molar-refractivity contribution >= 4 is 21.8 Å². The van der Waals surface area contributed by atoms with Gasteiger partial charge < -0.3 is 9.97 Å². The number of aromatic amines is 2. The predicted octanol–water partition coefficient (Wildman–Crippen LogP) is 6.91. The van der Waals surface area contributed by atoms with Crippen LogP contribution in [0.4, 0.5) is 4.39 Å². The minimum atomic E-state index is -0.192. The van der Waals surface area contributed by atoms with Crippen molar-refractivity contribution in [3.63, 3.8) is 0 Å². The van der Waals surface area contributed by atoms with E-state index in [-0.39, 0.29) is 16.6 Å². The highest BCUT2D eigenvalue weighted by atomic mass is 19.1. The molecule has 2 aromatic heterocycles. The molecule has 4 aromatic rings. The lowest BCUT2D eigenvalue weighted by molar-refractivity contribution is 0.524. The van der Waals surface area contributed by atoms with Gasteiger partial charge in [-0.05, 0) is 59.1 Å². The standard InChI is InChI=1S/C25H29FN2/c1-15-23(24(2,3)4)17-11-10-16(12-21(17)28-15)13-25(5,6)18-14-27-20-9-7-8-19(26)22(18)20/h7-12,14,27-28H,13H2,1-6H3. The fraction of sp³-hybridized carbons (Fsp3) is 0.360. The van der Waals surface area contributed by atoms with E-state index in [4.69, 9.17) is 0 Å². The van der Waals surface area contributed by atoms with Gasteiger partial charge in [0.2, 0.25) is 0 Å². The number of nitrogens with one attached hydrogen (secondary N) is 2. The first kappa shape index (κ1) is 18.8. The molecule has 2 nitrogen and oxygen atoms in total. The van der Waals surface area contributed by atoms with Gasteiger partial charge in [-0.15, -0.1) is 0 Å². The molecular formula is C25H29FN2. The van der Waals surface area contributed by atoms with Gasteiger partial charge in [-0.3, -0.25) is 0 Å². The van der Waals surface area contributed by atoms with E-state index >= 15 is 0 Å². The van der Waals surface area contributed by atoms with Gasteiger partial charge in [0.15, 0.2) is 0 Å². The summed E-state index contributed by atoms with van der Waals surface area (Å²) in [5, 5.41) is 2.00. The Labute approximate surface area is 166 Å². The van der Waals surface area contributed by atoms with Gasteiger partial charge in [-0.25, -0.2) is 4.39 Å². The average Bonchev–Trinajstić information content (AvgIpc) is 3.15. The summed E-state index contributed by atoms with van der Waals surface area (Å²) < 4.78 is 14.5. The number of aromatic nitrogens is 2. The molecule has 0 bridgehead atoms. The van der Waals surface area contributed by atoms with Crippen LogP contribution in [0.2, 0.25) is 0 Å². The first-order valence-corrected chi connectivity index (χ1v) is 9.96. The fourth-order valence-corrected chi connectivity index (χ4v) is 4.74. The second-order valence-electron chi connectivity index (χ2n) is 9.68. The largest absolute Gasteiger partial charge is 0.361 e. The molecule has 0 amide bonds. The summed E-state index contributed by atoms with van der Waals surface area (Å²) in [6.45, 7) is 13.3. The lowest BCUT2D eigenvalue weighted by Crippen LogP contribution is -2.20. The van der Waals surface area contributed by atoms with Crippen molar-refractivity contribution in [3.8, 4) is 0 Å². The summed E-state index contributed by atoms with van der Waals surface area (Å²) in [6.07, 6.45) is 2.80. The smallest absolute Gasteiger partial charge is 0.132 e. The Kier molecular flexibility index (Phi) is 4.18. The highest BCUT2D eigenvalue weighted by molar-refractivity contribution is 5.87. The van der Waals surface area contributed by atoms with Crippen molar-refractivity contribution < 1.29 is 4.39 Å². The van der Waals surface area contributed by atoms with Crippen LogP contribution in [0.25, 0.3) is 21.8 Å². The van der Waals surface area contributed by atoms with Gasteiger partial charge in [-0.2, -0.15) is 0 Å². The molecule has 0 saturated carbocycles. The molecule has 2 N–H and O–H groups in total. The molecule has 0 spiro atoms. The number of benzene rings is 2. The molecule has 28 heavy (non-hydrogen) atoms. The number of rotatable bonds is 3. The Balaban J connectivity index is 1.74. The zero-order valence-corrected chi connectivity index (χ0v) is 17.6. The molecule has 0 radical (unpaired) electrons. The quantitative estimate of drug-likeness (QED) is 0.389. The van der Waals surface area contributed by atoms with Gasteiger partial charge >= 0.3 is 0 Å². The molecule has 2 heterocycles. The molecule has 0 aliphatic carbocycles. The van der Waals surface area contributed by atoms with Gasteiger partial charge in [0.1, 0.15) is 5.82 Å². The van der Waals surface area contributed by atoms with Gasteiger partial charge in [-0.1, -0.05) is 52.8 Å². The summed E-state index contributed by atoms with van der Waals surface area (Å²) in [7, 11) is 0. The lowest BCUT2D eigenvalue weighted by Gasteiger charge is -2.25. The average molecular weight is 377 g/mol.